The lowest BCUT2D eigenvalue weighted by Gasteiger charge is -2.31. The summed E-state index contributed by atoms with van der Waals surface area (Å²) in [5.41, 5.74) is 6.11. The molecule has 1 aromatic rings. The average molecular weight is 556 g/mol. The highest BCUT2D eigenvalue weighted by Gasteiger charge is 2.36. The molecule has 0 aromatic heterocycles. The molecule has 0 heterocycles. The molecule has 0 bridgehead atoms. The molecule has 1 aromatic carbocycles. The summed E-state index contributed by atoms with van der Waals surface area (Å²) < 4.78 is 30.9. The van der Waals surface area contributed by atoms with Gasteiger partial charge in [0.15, 0.2) is 11.5 Å². The van der Waals surface area contributed by atoms with Crippen LogP contribution < -0.4 is 15.2 Å². The minimum Gasteiger partial charge on any atom is -0.480 e. The normalized spacial score (nSPS) is 14.3. The van der Waals surface area contributed by atoms with E-state index in [0.29, 0.717) is 18.4 Å². The highest BCUT2D eigenvalue weighted by Crippen LogP contribution is 2.37. The van der Waals surface area contributed by atoms with Crippen LogP contribution in [-0.2, 0) is 23.7 Å². The molecule has 0 aliphatic carbocycles. The molecule has 0 spiro atoms. The lowest BCUT2D eigenvalue weighted by Crippen LogP contribution is -2.42. The minimum absolute atomic E-state index is 0.0942. The van der Waals surface area contributed by atoms with Gasteiger partial charge in [-0.3, -0.25) is 4.79 Å². The number of carboxylic acids is 1. The Morgan fingerprint density at radius 1 is 0.872 bits per heavy atom. The first kappa shape index (κ1) is 33.5. The van der Waals surface area contributed by atoms with E-state index in [4.69, 9.17) is 34.2 Å². The van der Waals surface area contributed by atoms with E-state index in [-0.39, 0.29) is 36.7 Å². The Balaban J connectivity index is 3.34. The Morgan fingerprint density at radius 3 is 1.90 bits per heavy atom. The molecule has 220 valence electrons. The van der Waals surface area contributed by atoms with Gasteiger partial charge in [0, 0.05) is 11.8 Å². The van der Waals surface area contributed by atoms with Crippen LogP contribution in [-0.4, -0.2) is 61.5 Å². The largest absolute Gasteiger partial charge is 0.513 e. The van der Waals surface area contributed by atoms with Gasteiger partial charge in [-0.25, -0.2) is 14.4 Å². The van der Waals surface area contributed by atoms with Crippen LogP contribution in [0, 0.1) is 11.3 Å². The first-order valence-electron chi connectivity index (χ1n) is 12.8. The van der Waals surface area contributed by atoms with E-state index in [9.17, 15) is 24.3 Å². The smallest absolute Gasteiger partial charge is 0.480 e. The second-order valence-electron chi connectivity index (χ2n) is 10.3. The van der Waals surface area contributed by atoms with Crippen LogP contribution in [0.5, 0.6) is 11.5 Å². The molecule has 4 atom stereocenters. The van der Waals surface area contributed by atoms with Crippen LogP contribution in [0.25, 0.3) is 0 Å². The number of carbonyl (C=O) groups is 4. The third-order valence-electron chi connectivity index (χ3n) is 5.47. The van der Waals surface area contributed by atoms with Crippen LogP contribution in [0.3, 0.4) is 0 Å². The predicted octanol–water partition coefficient (Wildman–Crippen LogP) is 5.26. The fourth-order valence-corrected chi connectivity index (χ4v) is 3.36. The van der Waals surface area contributed by atoms with Crippen molar-refractivity contribution in [3.05, 3.63) is 23.8 Å². The summed E-state index contributed by atoms with van der Waals surface area (Å²) >= 11 is 0. The Bertz CT molecular complexity index is 973. The molecule has 39 heavy (non-hydrogen) atoms. The summed E-state index contributed by atoms with van der Waals surface area (Å²) in [6.45, 7) is 12.9. The summed E-state index contributed by atoms with van der Waals surface area (Å²) in [5.74, 6) is -3.24. The van der Waals surface area contributed by atoms with Crippen molar-refractivity contribution in [2.75, 3.05) is 19.8 Å². The lowest BCUT2D eigenvalue weighted by atomic mass is 9.79. The second kappa shape index (κ2) is 15.8. The molecule has 3 N–H and O–H groups in total. The standard InChI is InChI=1S/C27H41NO11/c1-8-12-34-24(31)38-19-11-10-18(14-20(19)39-25(32)35-13-9-2)21(22(28)23(29)30)16(3)17(4)37-26(33)36-15-27(5,6)7/h10-11,14,16-17,21-22H,8-9,12-13,15,28H2,1-7H3,(H,29,30)/t16?,17?,21?,22-/m0/s1. The van der Waals surface area contributed by atoms with Crippen LogP contribution in [0.4, 0.5) is 14.4 Å². The zero-order chi connectivity index (χ0) is 29.8. The number of carboxylic acid groups (broad SMARTS) is 1. The average Bonchev–Trinajstić information content (AvgIpc) is 2.85. The number of aliphatic carboxylic acids is 1. The van der Waals surface area contributed by atoms with Gasteiger partial charge in [-0.2, -0.15) is 0 Å². The van der Waals surface area contributed by atoms with E-state index in [0.717, 1.165) is 0 Å². The van der Waals surface area contributed by atoms with Gasteiger partial charge in [0.25, 0.3) is 0 Å². The summed E-state index contributed by atoms with van der Waals surface area (Å²) in [6.07, 6.45) is -2.66. The van der Waals surface area contributed by atoms with Crippen LogP contribution >= 0.6 is 0 Å². The predicted molar refractivity (Wildman–Crippen MR) is 140 cm³/mol. The second-order valence-corrected chi connectivity index (χ2v) is 10.3. The highest BCUT2D eigenvalue weighted by atomic mass is 16.7. The Morgan fingerprint density at radius 2 is 1.41 bits per heavy atom. The number of hydrogen-bond donors (Lipinski definition) is 2. The third kappa shape index (κ3) is 11.8. The lowest BCUT2D eigenvalue weighted by molar-refractivity contribution is -0.139. The quantitative estimate of drug-likeness (QED) is 0.184. The van der Waals surface area contributed by atoms with Gasteiger partial charge in [0.2, 0.25) is 0 Å². The number of ether oxygens (including phenoxy) is 6. The summed E-state index contributed by atoms with van der Waals surface area (Å²) in [5, 5.41) is 9.72. The Labute approximate surface area is 229 Å². The topological polar surface area (TPSA) is 170 Å². The van der Waals surface area contributed by atoms with Crippen molar-refractivity contribution in [1.82, 2.24) is 0 Å². The summed E-state index contributed by atoms with van der Waals surface area (Å²) in [7, 11) is 0. The van der Waals surface area contributed by atoms with Gasteiger partial charge in [0.05, 0.1) is 19.8 Å². The zero-order valence-corrected chi connectivity index (χ0v) is 23.7. The van der Waals surface area contributed by atoms with E-state index in [1.165, 1.54) is 18.2 Å². The van der Waals surface area contributed by atoms with Crippen molar-refractivity contribution in [2.24, 2.45) is 17.1 Å². The number of hydrogen-bond acceptors (Lipinski definition) is 11. The van der Waals surface area contributed by atoms with E-state index in [2.05, 4.69) is 0 Å². The summed E-state index contributed by atoms with van der Waals surface area (Å²) in [4.78, 5) is 48.4. The van der Waals surface area contributed by atoms with Crippen molar-refractivity contribution in [3.63, 3.8) is 0 Å². The van der Waals surface area contributed by atoms with E-state index in [1.807, 2.05) is 27.7 Å². The molecule has 1 rings (SSSR count). The molecule has 0 fully saturated rings. The van der Waals surface area contributed by atoms with Gasteiger partial charge in [-0.15, -0.1) is 0 Å². The van der Waals surface area contributed by atoms with Crippen LogP contribution in [0.15, 0.2) is 18.2 Å². The summed E-state index contributed by atoms with van der Waals surface area (Å²) in [6, 6.07) is 2.69. The first-order chi connectivity index (χ1) is 18.2. The van der Waals surface area contributed by atoms with Crippen molar-refractivity contribution in [1.29, 1.82) is 0 Å². The Hall–Kier alpha value is -3.54. The molecule has 0 amide bonds. The molecular formula is C27H41NO11. The molecule has 0 saturated heterocycles. The molecule has 3 unspecified atom stereocenters. The fourth-order valence-electron chi connectivity index (χ4n) is 3.36. The van der Waals surface area contributed by atoms with Gasteiger partial charge in [-0.1, -0.05) is 47.6 Å². The van der Waals surface area contributed by atoms with Crippen molar-refractivity contribution >= 4 is 24.4 Å². The van der Waals surface area contributed by atoms with Gasteiger partial charge >= 0.3 is 24.4 Å². The van der Waals surface area contributed by atoms with Crippen molar-refractivity contribution < 1.29 is 52.7 Å². The maximum atomic E-state index is 12.2. The Kier molecular flexibility index (Phi) is 13.5. The number of benzene rings is 1. The monoisotopic (exact) mass is 555 g/mol. The fraction of sp³-hybridized carbons (Fsp3) is 0.630. The van der Waals surface area contributed by atoms with Crippen LogP contribution in [0.1, 0.15) is 72.8 Å². The zero-order valence-electron chi connectivity index (χ0n) is 23.7. The molecule has 12 heteroatoms. The van der Waals surface area contributed by atoms with Crippen molar-refractivity contribution in [2.45, 2.75) is 79.4 Å². The molecule has 12 nitrogen and oxygen atoms in total. The molecule has 0 radical (unpaired) electrons. The number of nitrogens with two attached hydrogens (primary N) is 1. The minimum atomic E-state index is -1.43. The maximum absolute atomic E-state index is 12.2. The SMILES string of the molecule is CCCOC(=O)Oc1ccc(C(C(C)C(C)OC(=O)OCC(C)(C)C)[C@H](N)C(=O)O)cc1OC(=O)OCCC. The molecule has 0 aliphatic heterocycles. The molecule has 0 aliphatic rings. The van der Waals surface area contributed by atoms with E-state index >= 15 is 0 Å². The maximum Gasteiger partial charge on any atom is 0.513 e. The van der Waals surface area contributed by atoms with E-state index < -0.39 is 48.4 Å². The van der Waals surface area contributed by atoms with Crippen molar-refractivity contribution in [3.8, 4) is 11.5 Å². The van der Waals surface area contributed by atoms with Gasteiger partial charge < -0.3 is 39.3 Å². The third-order valence-corrected chi connectivity index (χ3v) is 5.47. The number of carbonyl (C=O) groups excluding carboxylic acids is 3. The van der Waals surface area contributed by atoms with E-state index in [1.54, 1.807) is 20.8 Å². The molecule has 0 saturated carbocycles. The highest BCUT2D eigenvalue weighted by molar-refractivity contribution is 5.75. The van der Waals surface area contributed by atoms with Gasteiger partial charge in [-0.05, 0) is 42.9 Å². The first-order valence-corrected chi connectivity index (χ1v) is 12.8. The van der Waals surface area contributed by atoms with Crippen LogP contribution in [0.2, 0.25) is 0 Å². The van der Waals surface area contributed by atoms with Gasteiger partial charge in [0.1, 0.15) is 12.1 Å². The number of rotatable bonds is 13. The molecular weight excluding hydrogens is 514 g/mol.